The zero-order valence-corrected chi connectivity index (χ0v) is 18.2. The SMILES string of the molecule is COc1ccc(C(=O)/C=C/c2ccccc2-c2ccnc3ccccc23)c(OC)c1OC. The molecule has 0 aliphatic carbocycles. The summed E-state index contributed by atoms with van der Waals surface area (Å²) in [5, 5.41) is 1.06. The molecule has 0 aliphatic rings. The zero-order chi connectivity index (χ0) is 22.5. The van der Waals surface area contributed by atoms with Gasteiger partial charge in [0.1, 0.15) is 0 Å². The third kappa shape index (κ3) is 3.93. The standard InChI is InChI=1S/C27H23NO4/c1-30-25-15-13-22(26(31-2)27(25)32-3)24(29)14-12-18-8-4-5-9-19(18)20-16-17-28-23-11-7-6-10-21(20)23/h4-17H,1-3H3/b14-12+. The minimum Gasteiger partial charge on any atom is -0.493 e. The maximum Gasteiger partial charge on any atom is 0.204 e. The number of ether oxygens (including phenoxy) is 3. The van der Waals surface area contributed by atoms with Crippen LogP contribution in [0, 0.1) is 0 Å². The number of ketones is 1. The lowest BCUT2D eigenvalue weighted by atomic mass is 9.96. The van der Waals surface area contributed by atoms with Crippen molar-refractivity contribution in [2.75, 3.05) is 21.3 Å². The predicted molar refractivity (Wildman–Crippen MR) is 127 cm³/mol. The first-order valence-corrected chi connectivity index (χ1v) is 10.1. The third-order valence-corrected chi connectivity index (χ3v) is 5.28. The van der Waals surface area contributed by atoms with Gasteiger partial charge in [-0.2, -0.15) is 0 Å². The summed E-state index contributed by atoms with van der Waals surface area (Å²) >= 11 is 0. The van der Waals surface area contributed by atoms with Gasteiger partial charge in [-0.1, -0.05) is 48.5 Å². The Labute approximate surface area is 186 Å². The summed E-state index contributed by atoms with van der Waals surface area (Å²) in [7, 11) is 4.56. The highest BCUT2D eigenvalue weighted by atomic mass is 16.5. The van der Waals surface area contributed by atoms with Gasteiger partial charge in [0.15, 0.2) is 17.3 Å². The van der Waals surface area contributed by atoms with Gasteiger partial charge in [-0.3, -0.25) is 9.78 Å². The fraction of sp³-hybridized carbons (Fsp3) is 0.111. The molecular weight excluding hydrogens is 402 g/mol. The molecule has 160 valence electrons. The molecule has 0 bridgehead atoms. The summed E-state index contributed by atoms with van der Waals surface area (Å²) in [5.41, 5.74) is 4.33. The highest BCUT2D eigenvalue weighted by molar-refractivity contribution is 6.10. The van der Waals surface area contributed by atoms with E-state index in [-0.39, 0.29) is 5.78 Å². The molecular formula is C27H23NO4. The molecule has 0 unspecified atom stereocenters. The van der Waals surface area contributed by atoms with E-state index in [0.717, 1.165) is 27.6 Å². The molecule has 0 aliphatic heterocycles. The fourth-order valence-electron chi connectivity index (χ4n) is 3.77. The van der Waals surface area contributed by atoms with Crippen molar-refractivity contribution >= 4 is 22.8 Å². The molecule has 1 aromatic heterocycles. The van der Waals surface area contributed by atoms with Crippen LogP contribution in [0.4, 0.5) is 0 Å². The van der Waals surface area contributed by atoms with E-state index in [1.807, 2.05) is 54.6 Å². The van der Waals surface area contributed by atoms with Crippen LogP contribution in [0.15, 0.2) is 79.0 Å². The smallest absolute Gasteiger partial charge is 0.204 e. The van der Waals surface area contributed by atoms with Crippen LogP contribution in [-0.4, -0.2) is 32.1 Å². The summed E-state index contributed by atoms with van der Waals surface area (Å²) in [6.45, 7) is 0. The lowest BCUT2D eigenvalue weighted by molar-refractivity contribution is 0.104. The van der Waals surface area contributed by atoms with E-state index in [1.54, 1.807) is 31.5 Å². The molecule has 5 nitrogen and oxygen atoms in total. The molecule has 0 atom stereocenters. The van der Waals surface area contributed by atoms with E-state index in [0.29, 0.717) is 22.8 Å². The number of aromatic nitrogens is 1. The Morgan fingerprint density at radius 2 is 1.53 bits per heavy atom. The zero-order valence-electron chi connectivity index (χ0n) is 18.2. The Morgan fingerprint density at radius 3 is 2.31 bits per heavy atom. The number of rotatable bonds is 7. The van der Waals surface area contributed by atoms with Crippen LogP contribution in [0.3, 0.4) is 0 Å². The van der Waals surface area contributed by atoms with Crippen LogP contribution < -0.4 is 14.2 Å². The van der Waals surface area contributed by atoms with Gasteiger partial charge < -0.3 is 14.2 Å². The molecule has 0 spiro atoms. The van der Waals surface area contributed by atoms with Crippen LogP contribution in [0.2, 0.25) is 0 Å². The second kappa shape index (κ2) is 9.35. The molecule has 0 radical (unpaired) electrons. The second-order valence-corrected chi connectivity index (χ2v) is 7.04. The Hall–Kier alpha value is -4.12. The summed E-state index contributed by atoms with van der Waals surface area (Å²) in [6.07, 6.45) is 5.17. The number of para-hydroxylation sites is 1. The van der Waals surface area contributed by atoms with E-state index >= 15 is 0 Å². The Balaban J connectivity index is 1.74. The van der Waals surface area contributed by atoms with Gasteiger partial charge in [0.05, 0.1) is 32.4 Å². The highest BCUT2D eigenvalue weighted by Crippen LogP contribution is 2.40. The van der Waals surface area contributed by atoms with Crippen molar-refractivity contribution in [3.8, 4) is 28.4 Å². The lowest BCUT2D eigenvalue weighted by Crippen LogP contribution is -2.03. The molecule has 0 amide bonds. The first-order chi connectivity index (χ1) is 15.7. The van der Waals surface area contributed by atoms with Crippen LogP contribution in [0.1, 0.15) is 15.9 Å². The molecule has 1 heterocycles. The normalized spacial score (nSPS) is 11.0. The van der Waals surface area contributed by atoms with Crippen LogP contribution in [-0.2, 0) is 0 Å². The van der Waals surface area contributed by atoms with Crippen LogP contribution in [0.5, 0.6) is 17.2 Å². The number of benzene rings is 3. The molecule has 5 heteroatoms. The molecule has 0 saturated heterocycles. The van der Waals surface area contributed by atoms with Crippen molar-refractivity contribution < 1.29 is 19.0 Å². The number of carbonyl (C=O) groups is 1. The van der Waals surface area contributed by atoms with Crippen molar-refractivity contribution in [1.29, 1.82) is 0 Å². The number of methoxy groups -OCH3 is 3. The molecule has 3 aromatic carbocycles. The monoisotopic (exact) mass is 425 g/mol. The third-order valence-electron chi connectivity index (χ3n) is 5.28. The van der Waals surface area contributed by atoms with Gasteiger partial charge in [-0.25, -0.2) is 0 Å². The Morgan fingerprint density at radius 1 is 0.781 bits per heavy atom. The Kier molecular flexibility index (Phi) is 6.17. The average molecular weight is 425 g/mol. The highest BCUT2D eigenvalue weighted by Gasteiger charge is 2.19. The van der Waals surface area contributed by atoms with Gasteiger partial charge in [0, 0.05) is 11.6 Å². The van der Waals surface area contributed by atoms with E-state index in [2.05, 4.69) is 11.1 Å². The van der Waals surface area contributed by atoms with Gasteiger partial charge in [0.2, 0.25) is 5.75 Å². The van der Waals surface area contributed by atoms with E-state index in [1.165, 1.54) is 14.2 Å². The number of nitrogens with zero attached hydrogens (tertiary/aromatic N) is 1. The van der Waals surface area contributed by atoms with E-state index < -0.39 is 0 Å². The topological polar surface area (TPSA) is 57.7 Å². The summed E-state index contributed by atoms with van der Waals surface area (Å²) in [4.78, 5) is 17.5. The summed E-state index contributed by atoms with van der Waals surface area (Å²) < 4.78 is 16.2. The largest absolute Gasteiger partial charge is 0.493 e. The first kappa shape index (κ1) is 21.1. The number of allylic oxidation sites excluding steroid dienone is 1. The summed E-state index contributed by atoms with van der Waals surface area (Å²) in [6, 6.07) is 21.3. The van der Waals surface area contributed by atoms with Gasteiger partial charge in [-0.15, -0.1) is 0 Å². The minimum atomic E-state index is -0.197. The first-order valence-electron chi connectivity index (χ1n) is 10.1. The minimum absolute atomic E-state index is 0.197. The van der Waals surface area contributed by atoms with E-state index in [9.17, 15) is 4.79 Å². The number of fused-ring (bicyclic) bond motifs is 1. The fourth-order valence-corrected chi connectivity index (χ4v) is 3.77. The second-order valence-electron chi connectivity index (χ2n) is 7.04. The maximum atomic E-state index is 13.1. The quantitative estimate of drug-likeness (QED) is 0.276. The van der Waals surface area contributed by atoms with Crippen molar-refractivity contribution in [2.24, 2.45) is 0 Å². The average Bonchev–Trinajstić information content (AvgIpc) is 2.86. The lowest BCUT2D eigenvalue weighted by Gasteiger charge is -2.14. The molecule has 0 saturated carbocycles. The molecule has 32 heavy (non-hydrogen) atoms. The van der Waals surface area contributed by atoms with Crippen molar-refractivity contribution in [1.82, 2.24) is 4.98 Å². The van der Waals surface area contributed by atoms with Gasteiger partial charge in [0.25, 0.3) is 0 Å². The van der Waals surface area contributed by atoms with Crippen molar-refractivity contribution in [3.63, 3.8) is 0 Å². The molecule has 0 fully saturated rings. The van der Waals surface area contributed by atoms with E-state index in [4.69, 9.17) is 14.2 Å². The molecule has 0 N–H and O–H groups in total. The number of pyridine rings is 1. The predicted octanol–water partition coefficient (Wildman–Crippen LogP) is 5.82. The molecule has 4 aromatic rings. The van der Waals surface area contributed by atoms with Crippen LogP contribution in [0.25, 0.3) is 28.1 Å². The number of hydrogen-bond donors (Lipinski definition) is 0. The van der Waals surface area contributed by atoms with Crippen molar-refractivity contribution in [2.45, 2.75) is 0 Å². The number of carbonyl (C=O) groups excluding carboxylic acids is 1. The van der Waals surface area contributed by atoms with Gasteiger partial charge in [-0.05, 0) is 47.0 Å². The summed E-state index contributed by atoms with van der Waals surface area (Å²) in [5.74, 6) is 1.03. The maximum absolute atomic E-state index is 13.1. The molecule has 4 rings (SSSR count). The Bertz CT molecular complexity index is 1310. The van der Waals surface area contributed by atoms with Crippen molar-refractivity contribution in [3.05, 3.63) is 90.1 Å². The van der Waals surface area contributed by atoms with Crippen LogP contribution >= 0.6 is 0 Å². The van der Waals surface area contributed by atoms with Gasteiger partial charge >= 0.3 is 0 Å². The number of hydrogen-bond acceptors (Lipinski definition) is 5.